The summed E-state index contributed by atoms with van der Waals surface area (Å²) >= 11 is 0. The van der Waals surface area contributed by atoms with Gasteiger partial charge < -0.3 is 46.0 Å². The third-order valence-corrected chi connectivity index (χ3v) is 12.6. The predicted octanol–water partition coefficient (Wildman–Crippen LogP) is 7.81. The molecule has 9 N–H and O–H groups in total. The van der Waals surface area contributed by atoms with Crippen molar-refractivity contribution in [1.29, 1.82) is 0 Å². The van der Waals surface area contributed by atoms with Gasteiger partial charge in [-0.2, -0.15) is 0 Å². The quantitative estimate of drug-likeness (QED) is 0.0164. The van der Waals surface area contributed by atoms with E-state index >= 15 is 0 Å². The van der Waals surface area contributed by atoms with Crippen molar-refractivity contribution in [3.8, 4) is 0 Å². The number of aliphatic hydroxyl groups is 7. The van der Waals surface area contributed by atoms with Crippen LogP contribution in [0.1, 0.15) is 206 Å². The molecule has 14 heteroatoms. The first-order chi connectivity index (χ1) is 28.3. The minimum absolute atomic E-state index is 0.240. The van der Waals surface area contributed by atoms with Crippen molar-refractivity contribution in [1.82, 2.24) is 5.32 Å². The Kier molecular flexibility index (Phi) is 33.7. The van der Waals surface area contributed by atoms with Crippen molar-refractivity contribution < 1.29 is 59.0 Å². The predicted molar refractivity (Wildman–Crippen MR) is 234 cm³/mol. The number of nitrogens with one attached hydrogen (secondary N) is 1. The van der Waals surface area contributed by atoms with Crippen LogP contribution in [0.3, 0.4) is 0 Å². The van der Waals surface area contributed by atoms with Gasteiger partial charge in [0.05, 0.1) is 31.3 Å². The molecule has 8 atom stereocenters. The first-order valence-corrected chi connectivity index (χ1v) is 25.2. The number of allylic oxidation sites excluding steroid dienone is 1. The maximum atomic E-state index is 13.0. The molecule has 1 rings (SSSR count). The highest BCUT2D eigenvalue weighted by molar-refractivity contribution is 7.47. The molecule has 0 radical (unpaired) electrons. The number of phosphoric ester groups is 1. The van der Waals surface area contributed by atoms with E-state index in [0.29, 0.717) is 12.8 Å². The average Bonchev–Trinajstić information content (AvgIpc) is 3.21. The van der Waals surface area contributed by atoms with Gasteiger partial charge in [0.1, 0.15) is 36.6 Å². The maximum Gasteiger partial charge on any atom is 0.472 e. The Hall–Kier alpha value is -0.960. The van der Waals surface area contributed by atoms with Crippen LogP contribution in [0.2, 0.25) is 0 Å². The van der Waals surface area contributed by atoms with Crippen molar-refractivity contribution in [2.75, 3.05) is 6.61 Å². The molecule has 1 saturated carbocycles. The molecule has 350 valence electrons. The standard InChI is InChI=1S/C45H88NO12P/c1-3-5-7-9-11-13-15-17-18-19-21-22-24-26-28-30-32-36(47)34-39(49)46-37(38(48)33-31-29-27-25-23-20-16-14-12-10-8-6-4-2)35-57-59(55,56)58-45-43(53)41(51)40(50)42(52)44(45)54/h31,33,36-38,40-45,47-48,50-54H,3-30,32,34-35H2,1-2H3,(H,46,49)(H,55,56)/b33-31+. The second-order valence-electron chi connectivity index (χ2n) is 17.2. The third-order valence-electron chi connectivity index (χ3n) is 11.6. The van der Waals surface area contributed by atoms with Gasteiger partial charge in [-0.15, -0.1) is 0 Å². The van der Waals surface area contributed by atoms with Gasteiger partial charge in [0.2, 0.25) is 5.91 Å². The zero-order valence-corrected chi connectivity index (χ0v) is 37.8. The highest BCUT2D eigenvalue weighted by Crippen LogP contribution is 2.47. The van der Waals surface area contributed by atoms with Crippen LogP contribution in [0.4, 0.5) is 0 Å². The van der Waals surface area contributed by atoms with Crippen molar-refractivity contribution >= 4 is 13.7 Å². The Labute approximate surface area is 357 Å². The van der Waals surface area contributed by atoms with Crippen LogP contribution in [-0.2, 0) is 18.4 Å². The van der Waals surface area contributed by atoms with Crippen LogP contribution in [0.25, 0.3) is 0 Å². The average molecular weight is 866 g/mol. The van der Waals surface area contributed by atoms with Crippen LogP contribution < -0.4 is 5.32 Å². The first kappa shape index (κ1) is 56.1. The molecule has 1 amide bonds. The number of phosphoric acid groups is 1. The van der Waals surface area contributed by atoms with Gasteiger partial charge in [0.25, 0.3) is 0 Å². The van der Waals surface area contributed by atoms with E-state index in [4.69, 9.17) is 9.05 Å². The van der Waals surface area contributed by atoms with Crippen molar-refractivity contribution in [3.05, 3.63) is 12.2 Å². The van der Waals surface area contributed by atoms with Crippen molar-refractivity contribution in [3.63, 3.8) is 0 Å². The second kappa shape index (κ2) is 35.5. The molecule has 1 aliphatic carbocycles. The summed E-state index contributed by atoms with van der Waals surface area (Å²) in [4.78, 5) is 23.4. The van der Waals surface area contributed by atoms with E-state index in [9.17, 15) is 50.0 Å². The normalized spacial score (nSPS) is 23.6. The molecule has 0 saturated heterocycles. The van der Waals surface area contributed by atoms with Gasteiger partial charge >= 0.3 is 7.82 Å². The van der Waals surface area contributed by atoms with Gasteiger partial charge in [-0.25, -0.2) is 4.57 Å². The Morgan fingerprint density at radius 1 is 0.593 bits per heavy atom. The van der Waals surface area contributed by atoms with Crippen molar-refractivity contribution in [2.24, 2.45) is 0 Å². The van der Waals surface area contributed by atoms with Crippen LogP contribution in [0.5, 0.6) is 0 Å². The lowest BCUT2D eigenvalue weighted by atomic mass is 9.85. The summed E-state index contributed by atoms with van der Waals surface area (Å²) in [5.41, 5.74) is 0. The fourth-order valence-corrected chi connectivity index (χ4v) is 8.68. The summed E-state index contributed by atoms with van der Waals surface area (Å²) in [7, 11) is -5.13. The Balaban J connectivity index is 2.52. The van der Waals surface area contributed by atoms with Crippen molar-refractivity contribution in [2.45, 2.75) is 261 Å². The maximum absolute atomic E-state index is 13.0. The summed E-state index contributed by atoms with van der Waals surface area (Å²) in [6, 6.07) is -1.23. The number of carbonyl (C=O) groups is 1. The highest BCUT2D eigenvalue weighted by Gasteiger charge is 2.51. The highest BCUT2D eigenvalue weighted by atomic mass is 31.2. The van der Waals surface area contributed by atoms with E-state index in [1.54, 1.807) is 6.08 Å². The van der Waals surface area contributed by atoms with E-state index < -0.39 is 75.2 Å². The molecule has 0 aromatic rings. The van der Waals surface area contributed by atoms with Crippen LogP contribution in [0, 0.1) is 0 Å². The zero-order chi connectivity index (χ0) is 43.7. The van der Waals surface area contributed by atoms with E-state index in [0.717, 1.165) is 44.9 Å². The lowest BCUT2D eigenvalue weighted by Gasteiger charge is -2.41. The summed E-state index contributed by atoms with van der Waals surface area (Å²) < 4.78 is 22.9. The minimum atomic E-state index is -5.13. The van der Waals surface area contributed by atoms with Gasteiger partial charge in [0, 0.05) is 0 Å². The van der Waals surface area contributed by atoms with E-state index in [1.807, 2.05) is 0 Å². The second-order valence-corrected chi connectivity index (χ2v) is 18.6. The van der Waals surface area contributed by atoms with E-state index in [-0.39, 0.29) is 6.42 Å². The molecule has 0 aromatic heterocycles. The lowest BCUT2D eigenvalue weighted by Crippen LogP contribution is -2.64. The summed E-state index contributed by atoms with van der Waals surface area (Å²) in [5, 5.41) is 74.4. The lowest BCUT2D eigenvalue weighted by molar-refractivity contribution is -0.220. The monoisotopic (exact) mass is 866 g/mol. The SMILES string of the molecule is CCCCCCCCCCCCC/C=C/C(O)C(COP(=O)(O)OC1C(O)C(O)C(O)C(O)C1O)NC(=O)CC(O)CCCCCCCCCCCCCCCCCC. The Morgan fingerprint density at radius 2 is 0.966 bits per heavy atom. The van der Waals surface area contributed by atoms with Crippen LogP contribution in [-0.4, -0.2) is 108 Å². The number of rotatable bonds is 39. The molecule has 13 nitrogen and oxygen atoms in total. The molecular formula is C45H88NO12P. The van der Waals surface area contributed by atoms with Crippen LogP contribution >= 0.6 is 7.82 Å². The Morgan fingerprint density at radius 3 is 1.39 bits per heavy atom. The summed E-state index contributed by atoms with van der Waals surface area (Å²) in [6.07, 6.45) is 23.0. The fourth-order valence-electron chi connectivity index (χ4n) is 7.71. The molecular weight excluding hydrogens is 777 g/mol. The number of hydrogen-bond donors (Lipinski definition) is 9. The number of carbonyl (C=O) groups excluding carboxylic acids is 1. The molecule has 0 aromatic carbocycles. The first-order valence-electron chi connectivity index (χ1n) is 23.7. The van der Waals surface area contributed by atoms with Gasteiger partial charge in [-0.1, -0.05) is 193 Å². The zero-order valence-electron chi connectivity index (χ0n) is 36.9. The molecule has 1 aliphatic rings. The topological polar surface area (TPSA) is 226 Å². The smallest absolute Gasteiger partial charge is 0.393 e. The van der Waals surface area contributed by atoms with E-state index in [2.05, 4.69) is 19.2 Å². The summed E-state index contributed by atoms with van der Waals surface area (Å²) in [6.45, 7) is 3.74. The number of aliphatic hydroxyl groups excluding tert-OH is 7. The molecule has 0 heterocycles. The molecule has 59 heavy (non-hydrogen) atoms. The third kappa shape index (κ3) is 27.7. The Bertz CT molecular complexity index is 1070. The van der Waals surface area contributed by atoms with Gasteiger partial charge in [-0.05, 0) is 19.3 Å². The molecule has 1 fully saturated rings. The largest absolute Gasteiger partial charge is 0.472 e. The molecule has 8 unspecified atom stereocenters. The number of unbranched alkanes of at least 4 members (excludes halogenated alkanes) is 26. The molecule has 0 aliphatic heterocycles. The van der Waals surface area contributed by atoms with Crippen LogP contribution in [0.15, 0.2) is 12.2 Å². The number of amides is 1. The molecule has 0 spiro atoms. The molecule has 0 bridgehead atoms. The number of hydrogen-bond acceptors (Lipinski definition) is 11. The minimum Gasteiger partial charge on any atom is -0.393 e. The van der Waals surface area contributed by atoms with Gasteiger partial charge in [0.15, 0.2) is 0 Å². The summed E-state index contributed by atoms with van der Waals surface area (Å²) in [5.74, 6) is -0.590. The van der Waals surface area contributed by atoms with Gasteiger partial charge in [-0.3, -0.25) is 13.8 Å². The van der Waals surface area contributed by atoms with E-state index in [1.165, 1.54) is 134 Å². The fraction of sp³-hybridized carbons (Fsp3) is 0.933.